The molecular formula is C12H15FO4. The number of hydrogen-bond acceptors (Lipinski definition) is 3. The zero-order valence-corrected chi connectivity index (χ0v) is 9.52. The Morgan fingerprint density at radius 1 is 1.53 bits per heavy atom. The van der Waals surface area contributed by atoms with E-state index in [2.05, 4.69) is 0 Å². The quantitative estimate of drug-likeness (QED) is 0.744. The molecule has 0 aromatic heterocycles. The predicted molar refractivity (Wildman–Crippen MR) is 59.2 cm³/mol. The van der Waals surface area contributed by atoms with Gasteiger partial charge < -0.3 is 14.9 Å². The van der Waals surface area contributed by atoms with Crippen molar-refractivity contribution in [2.75, 3.05) is 13.2 Å². The summed E-state index contributed by atoms with van der Waals surface area (Å²) in [6.45, 7) is 1.71. The van der Waals surface area contributed by atoms with Crippen molar-refractivity contribution in [1.82, 2.24) is 0 Å². The van der Waals surface area contributed by atoms with Gasteiger partial charge in [-0.25, -0.2) is 9.18 Å². The number of aliphatic hydroxyl groups excluding tert-OH is 1. The largest absolute Gasteiger partial charge is 0.479 e. The van der Waals surface area contributed by atoms with E-state index in [-0.39, 0.29) is 13.2 Å². The highest BCUT2D eigenvalue weighted by molar-refractivity contribution is 5.74. The Hall–Kier alpha value is -1.46. The molecule has 4 nitrogen and oxygen atoms in total. The first kappa shape index (κ1) is 13.6. The third-order valence-corrected chi connectivity index (χ3v) is 2.33. The molecule has 1 aromatic rings. The highest BCUT2D eigenvalue weighted by Gasteiger charge is 2.22. The standard InChI is InChI=1S/C12H15FO4/c1-8-7-9(13)3-4-10(8)11(12(15)16)17-6-2-5-14/h3-4,7,11,14H,2,5-6H2,1H3,(H,15,16). The van der Waals surface area contributed by atoms with E-state index in [1.165, 1.54) is 18.2 Å². The van der Waals surface area contributed by atoms with Crippen LogP contribution in [0.4, 0.5) is 4.39 Å². The maximum Gasteiger partial charge on any atom is 0.337 e. The molecule has 94 valence electrons. The Morgan fingerprint density at radius 2 is 2.24 bits per heavy atom. The molecule has 1 unspecified atom stereocenters. The Kier molecular flexibility index (Phi) is 5.06. The molecule has 0 aliphatic carbocycles. The third-order valence-electron chi connectivity index (χ3n) is 2.33. The molecule has 0 fully saturated rings. The van der Waals surface area contributed by atoms with Crippen LogP contribution in [0.15, 0.2) is 18.2 Å². The second-order valence-electron chi connectivity index (χ2n) is 3.67. The fourth-order valence-corrected chi connectivity index (χ4v) is 1.49. The van der Waals surface area contributed by atoms with Crippen molar-refractivity contribution < 1.29 is 24.1 Å². The Bertz CT molecular complexity index is 392. The van der Waals surface area contributed by atoms with Gasteiger partial charge in [0.2, 0.25) is 0 Å². The molecule has 0 bridgehead atoms. The molecule has 0 saturated carbocycles. The molecule has 1 atom stereocenters. The van der Waals surface area contributed by atoms with Crippen molar-refractivity contribution in [3.05, 3.63) is 35.1 Å². The summed E-state index contributed by atoms with van der Waals surface area (Å²) in [5.74, 6) is -1.54. The van der Waals surface area contributed by atoms with E-state index in [4.69, 9.17) is 14.9 Å². The number of carboxylic acid groups (broad SMARTS) is 1. The van der Waals surface area contributed by atoms with Gasteiger partial charge in [0.05, 0.1) is 6.61 Å². The lowest BCUT2D eigenvalue weighted by molar-refractivity contribution is -0.151. The Morgan fingerprint density at radius 3 is 2.76 bits per heavy atom. The number of aliphatic hydroxyl groups is 1. The normalized spacial score (nSPS) is 12.4. The van der Waals surface area contributed by atoms with Crippen LogP contribution >= 0.6 is 0 Å². The van der Waals surface area contributed by atoms with E-state index >= 15 is 0 Å². The molecule has 0 heterocycles. The van der Waals surface area contributed by atoms with E-state index < -0.39 is 17.9 Å². The van der Waals surface area contributed by atoms with Gasteiger partial charge in [0, 0.05) is 6.61 Å². The fraction of sp³-hybridized carbons (Fsp3) is 0.417. The lowest BCUT2D eigenvalue weighted by atomic mass is 10.0. The summed E-state index contributed by atoms with van der Waals surface area (Å²) in [5.41, 5.74) is 0.957. The number of aryl methyl sites for hydroxylation is 1. The van der Waals surface area contributed by atoms with Crippen LogP contribution in [0, 0.1) is 12.7 Å². The number of halogens is 1. The molecule has 0 saturated heterocycles. The van der Waals surface area contributed by atoms with E-state index in [0.717, 1.165) is 0 Å². The van der Waals surface area contributed by atoms with E-state index in [9.17, 15) is 9.18 Å². The summed E-state index contributed by atoms with van der Waals surface area (Å²) in [6.07, 6.45) is -0.758. The minimum absolute atomic E-state index is 0.0608. The molecule has 1 aromatic carbocycles. The zero-order valence-electron chi connectivity index (χ0n) is 9.52. The van der Waals surface area contributed by atoms with Crippen molar-refractivity contribution in [2.24, 2.45) is 0 Å². The van der Waals surface area contributed by atoms with Gasteiger partial charge in [-0.2, -0.15) is 0 Å². The van der Waals surface area contributed by atoms with Gasteiger partial charge in [-0.15, -0.1) is 0 Å². The summed E-state index contributed by atoms with van der Waals surface area (Å²) in [4.78, 5) is 11.1. The molecule has 0 amide bonds. The van der Waals surface area contributed by atoms with Crippen LogP contribution in [0.1, 0.15) is 23.7 Å². The predicted octanol–water partition coefficient (Wildman–Crippen LogP) is 1.66. The average Bonchev–Trinajstić information content (AvgIpc) is 2.25. The monoisotopic (exact) mass is 242 g/mol. The SMILES string of the molecule is Cc1cc(F)ccc1C(OCCCO)C(=O)O. The third kappa shape index (κ3) is 3.80. The smallest absolute Gasteiger partial charge is 0.337 e. The molecule has 1 rings (SSSR count). The van der Waals surface area contributed by atoms with Crippen LogP contribution in [0.25, 0.3) is 0 Å². The minimum atomic E-state index is -1.13. The van der Waals surface area contributed by atoms with Crippen LogP contribution in [-0.4, -0.2) is 29.4 Å². The number of carboxylic acids is 1. The van der Waals surface area contributed by atoms with Crippen LogP contribution in [0.3, 0.4) is 0 Å². The minimum Gasteiger partial charge on any atom is -0.479 e. The summed E-state index contributed by atoms with van der Waals surface area (Å²) in [7, 11) is 0. The van der Waals surface area contributed by atoms with Crippen molar-refractivity contribution in [3.8, 4) is 0 Å². The molecule has 0 aliphatic rings. The number of ether oxygens (including phenoxy) is 1. The van der Waals surface area contributed by atoms with Crippen LogP contribution in [-0.2, 0) is 9.53 Å². The van der Waals surface area contributed by atoms with Crippen molar-refractivity contribution >= 4 is 5.97 Å². The van der Waals surface area contributed by atoms with Gasteiger partial charge in [-0.05, 0) is 36.6 Å². The average molecular weight is 242 g/mol. The molecular weight excluding hydrogens is 227 g/mol. The summed E-state index contributed by atoms with van der Waals surface area (Å²) < 4.78 is 18.1. The lowest BCUT2D eigenvalue weighted by Gasteiger charge is -2.16. The van der Waals surface area contributed by atoms with Gasteiger partial charge in [0.25, 0.3) is 0 Å². The molecule has 0 aliphatic heterocycles. The topological polar surface area (TPSA) is 66.8 Å². The first-order valence-electron chi connectivity index (χ1n) is 5.27. The number of rotatable bonds is 6. The van der Waals surface area contributed by atoms with Crippen LogP contribution < -0.4 is 0 Å². The van der Waals surface area contributed by atoms with Crippen molar-refractivity contribution in [3.63, 3.8) is 0 Å². The molecule has 17 heavy (non-hydrogen) atoms. The Labute approximate surface area is 98.7 Å². The zero-order chi connectivity index (χ0) is 12.8. The van der Waals surface area contributed by atoms with Gasteiger partial charge in [0.15, 0.2) is 6.10 Å². The maximum atomic E-state index is 12.9. The number of aliphatic carboxylic acids is 1. The number of hydrogen-bond donors (Lipinski definition) is 2. The van der Waals surface area contributed by atoms with E-state index in [1.54, 1.807) is 6.92 Å². The van der Waals surface area contributed by atoms with E-state index in [1.807, 2.05) is 0 Å². The molecule has 2 N–H and O–H groups in total. The van der Waals surface area contributed by atoms with Gasteiger partial charge in [-0.1, -0.05) is 6.07 Å². The summed E-state index contributed by atoms with van der Waals surface area (Å²) in [5, 5.41) is 17.6. The highest BCUT2D eigenvalue weighted by atomic mass is 19.1. The van der Waals surface area contributed by atoms with Gasteiger partial charge >= 0.3 is 5.97 Å². The van der Waals surface area contributed by atoms with Crippen molar-refractivity contribution in [1.29, 1.82) is 0 Å². The molecule has 5 heteroatoms. The summed E-state index contributed by atoms with van der Waals surface area (Å²) in [6, 6.07) is 3.87. The fourth-order valence-electron chi connectivity index (χ4n) is 1.49. The van der Waals surface area contributed by atoms with Crippen LogP contribution in [0.5, 0.6) is 0 Å². The van der Waals surface area contributed by atoms with Crippen LogP contribution in [0.2, 0.25) is 0 Å². The van der Waals surface area contributed by atoms with Crippen molar-refractivity contribution in [2.45, 2.75) is 19.4 Å². The Balaban J connectivity index is 2.86. The molecule has 0 radical (unpaired) electrons. The van der Waals surface area contributed by atoms with E-state index in [0.29, 0.717) is 17.5 Å². The second kappa shape index (κ2) is 6.32. The van der Waals surface area contributed by atoms with Gasteiger partial charge in [0.1, 0.15) is 5.82 Å². The maximum absolute atomic E-state index is 12.9. The highest BCUT2D eigenvalue weighted by Crippen LogP contribution is 2.22. The lowest BCUT2D eigenvalue weighted by Crippen LogP contribution is -2.17. The van der Waals surface area contributed by atoms with Gasteiger partial charge in [-0.3, -0.25) is 0 Å². The second-order valence-corrected chi connectivity index (χ2v) is 3.67. The summed E-state index contributed by atoms with van der Waals surface area (Å²) >= 11 is 0. The first-order valence-corrected chi connectivity index (χ1v) is 5.27. The first-order chi connectivity index (χ1) is 8.06. The number of benzene rings is 1. The molecule has 0 spiro atoms. The number of carbonyl (C=O) groups is 1.